The first-order valence-corrected chi connectivity index (χ1v) is 20.4. The van der Waals surface area contributed by atoms with Crippen molar-refractivity contribution < 1.29 is 27.1 Å². The molecule has 0 atom stereocenters. The van der Waals surface area contributed by atoms with Crippen LogP contribution in [0.25, 0.3) is 103 Å². The predicted octanol–water partition coefficient (Wildman–Crippen LogP) is 9.98. The van der Waals surface area contributed by atoms with Gasteiger partial charge in [-0.05, 0) is 49.2 Å². The lowest BCUT2D eigenvalue weighted by Crippen LogP contribution is -1.89. The van der Waals surface area contributed by atoms with E-state index in [1.807, 2.05) is 91.0 Å². The Labute approximate surface area is 357 Å². The molecule has 0 aliphatic heterocycles. The molecule has 63 heavy (non-hydrogen) atoms. The van der Waals surface area contributed by atoms with E-state index < -0.39 is 0 Å². The predicted molar refractivity (Wildman–Crippen MR) is 224 cm³/mol. The topological polar surface area (TPSA) is 234 Å². The van der Waals surface area contributed by atoms with Crippen molar-refractivity contribution in [1.82, 2.24) is 60.8 Å². The summed E-state index contributed by atoms with van der Waals surface area (Å²) in [4.78, 5) is 27.8. The van der Waals surface area contributed by atoms with E-state index in [1.54, 1.807) is 6.92 Å². The van der Waals surface area contributed by atoms with Gasteiger partial charge < -0.3 is 27.1 Å². The highest BCUT2D eigenvalue weighted by atomic mass is 16.5. The lowest BCUT2D eigenvalue weighted by atomic mass is 10.0. The number of nitrogens with zero attached hydrogens (tertiary/aromatic N) is 12. The maximum absolute atomic E-state index is 5.88. The summed E-state index contributed by atoms with van der Waals surface area (Å²) in [5, 5.41) is 25.4. The molecule has 0 aliphatic rings. The van der Waals surface area contributed by atoms with Crippen LogP contribution < -0.4 is 0 Å². The van der Waals surface area contributed by atoms with Gasteiger partial charge in [0.15, 0.2) is 0 Å². The molecule has 0 saturated carbocycles. The molecule has 0 bridgehead atoms. The molecule has 0 N–H and O–H groups in total. The molecule has 0 spiro atoms. The lowest BCUT2D eigenvalue weighted by Gasteiger charge is -2.03. The van der Waals surface area contributed by atoms with Gasteiger partial charge in [-0.25, -0.2) is 0 Å². The van der Waals surface area contributed by atoms with E-state index in [9.17, 15) is 0 Å². The Kier molecular flexibility index (Phi) is 10.5. The Morgan fingerprint density at radius 1 is 0.349 bits per heavy atom. The molecule has 0 radical (unpaired) electrons. The van der Waals surface area contributed by atoms with Crippen LogP contribution in [0.15, 0.2) is 118 Å². The van der Waals surface area contributed by atoms with E-state index in [0.29, 0.717) is 86.0 Å². The third-order valence-electron chi connectivity index (χ3n) is 10.0. The zero-order valence-corrected chi connectivity index (χ0v) is 34.2. The number of rotatable bonds is 15. The standard InChI is InChI=1S/C45H36N12O6/c1-4-6-17-35-47-38(53-59-35)27-12-9-15-30(20-27)41-50-44(62-56-41)33-22-32(43-49-40(55-61-43)29-14-8-11-26(19-29)37-46-25(3)58-52-37)23-34(24-33)45-51-42(57-63-45)31-16-10-13-28(21-31)39-48-36(60-54-39)18-7-5-2/h8-16,19-24H,4-7,17-18H2,1-3H3. The van der Waals surface area contributed by atoms with Gasteiger partial charge in [0.05, 0.1) is 0 Å². The molecule has 18 heteroatoms. The molecule has 10 rings (SSSR count). The summed E-state index contributed by atoms with van der Waals surface area (Å²) in [5.41, 5.74) is 5.91. The SMILES string of the molecule is CCCCc1nc(-c2cccc(-c3noc(-c4cc(-c5nc(-c6cccc(-c7noc(C)n7)c6)no5)cc(-c5nc(-c6cccc(-c7noc(CCCC)n7)c6)no5)c4)n3)c2)no1. The van der Waals surface area contributed by atoms with Crippen molar-refractivity contribution in [3.8, 4) is 103 Å². The second kappa shape index (κ2) is 17.0. The second-order valence-electron chi connectivity index (χ2n) is 14.7. The molecule has 0 saturated heterocycles. The molecule has 4 aromatic carbocycles. The number of benzene rings is 4. The van der Waals surface area contributed by atoms with E-state index in [2.05, 4.69) is 59.7 Å². The third kappa shape index (κ3) is 8.28. The fraction of sp³-hybridized carbons (Fsp3) is 0.200. The zero-order valence-electron chi connectivity index (χ0n) is 34.2. The van der Waals surface area contributed by atoms with Gasteiger partial charge in [0, 0.05) is 69.8 Å². The van der Waals surface area contributed by atoms with Gasteiger partial charge in [-0.3, -0.25) is 0 Å². The molecule has 0 amide bonds. The summed E-state index contributed by atoms with van der Waals surface area (Å²) in [6.07, 6.45) is 5.42. The van der Waals surface area contributed by atoms with Gasteiger partial charge in [0.2, 0.25) is 52.6 Å². The highest BCUT2D eigenvalue weighted by Crippen LogP contribution is 2.35. The van der Waals surface area contributed by atoms with Crippen molar-refractivity contribution in [2.75, 3.05) is 0 Å². The van der Waals surface area contributed by atoms with Crippen molar-refractivity contribution >= 4 is 0 Å². The van der Waals surface area contributed by atoms with Crippen LogP contribution in [0.1, 0.15) is 57.2 Å². The van der Waals surface area contributed by atoms with Crippen LogP contribution in [0.2, 0.25) is 0 Å². The van der Waals surface area contributed by atoms with E-state index in [1.165, 1.54) is 0 Å². The first-order chi connectivity index (χ1) is 31.0. The van der Waals surface area contributed by atoms with Crippen LogP contribution in [0, 0.1) is 6.92 Å². The monoisotopic (exact) mass is 840 g/mol. The number of aryl methyl sites for hydroxylation is 3. The molecule has 312 valence electrons. The quantitative estimate of drug-likeness (QED) is 0.0933. The third-order valence-corrected chi connectivity index (χ3v) is 10.0. The average molecular weight is 841 g/mol. The molecular formula is C45H36N12O6. The Bertz CT molecular complexity index is 3030. The Balaban J connectivity index is 0.994. The first kappa shape index (κ1) is 38.9. The van der Waals surface area contributed by atoms with Crippen LogP contribution in [-0.4, -0.2) is 60.8 Å². The number of unbranched alkanes of at least 4 members (excludes halogenated alkanes) is 2. The maximum atomic E-state index is 5.88. The van der Waals surface area contributed by atoms with Crippen LogP contribution in [-0.2, 0) is 12.8 Å². The van der Waals surface area contributed by atoms with Gasteiger partial charge in [0.1, 0.15) is 0 Å². The van der Waals surface area contributed by atoms with Gasteiger partial charge in [0.25, 0.3) is 17.7 Å². The summed E-state index contributed by atoms with van der Waals surface area (Å²) in [5.74, 6) is 4.75. The molecule has 18 nitrogen and oxygen atoms in total. The normalized spacial score (nSPS) is 11.5. The number of hydrogen-bond acceptors (Lipinski definition) is 18. The molecule has 0 fully saturated rings. The molecule has 10 aromatic rings. The lowest BCUT2D eigenvalue weighted by molar-refractivity contribution is 0.375. The van der Waals surface area contributed by atoms with Crippen LogP contribution in [0.4, 0.5) is 0 Å². The summed E-state index contributed by atoms with van der Waals surface area (Å²) in [6, 6.07) is 28.0. The Morgan fingerprint density at radius 3 is 0.984 bits per heavy atom. The van der Waals surface area contributed by atoms with Crippen LogP contribution in [0.3, 0.4) is 0 Å². The molecule has 6 heterocycles. The van der Waals surface area contributed by atoms with Crippen molar-refractivity contribution in [3.05, 3.63) is 109 Å². The minimum Gasteiger partial charge on any atom is -0.339 e. The summed E-state index contributed by atoms with van der Waals surface area (Å²) < 4.78 is 33.8. The largest absolute Gasteiger partial charge is 0.339 e. The van der Waals surface area contributed by atoms with Gasteiger partial charge >= 0.3 is 0 Å². The highest BCUT2D eigenvalue weighted by molar-refractivity contribution is 5.76. The van der Waals surface area contributed by atoms with Crippen LogP contribution in [0.5, 0.6) is 0 Å². The van der Waals surface area contributed by atoms with E-state index >= 15 is 0 Å². The van der Waals surface area contributed by atoms with Crippen molar-refractivity contribution in [2.24, 2.45) is 0 Å². The fourth-order valence-corrected chi connectivity index (χ4v) is 6.78. The van der Waals surface area contributed by atoms with E-state index in [4.69, 9.17) is 42.1 Å². The molecule has 6 aromatic heterocycles. The fourth-order valence-electron chi connectivity index (χ4n) is 6.78. The highest BCUT2D eigenvalue weighted by Gasteiger charge is 2.22. The molecule has 0 aliphatic carbocycles. The Hall–Kier alpha value is -8.28. The zero-order chi connectivity index (χ0) is 42.7. The molecular weight excluding hydrogens is 805 g/mol. The van der Waals surface area contributed by atoms with Crippen molar-refractivity contribution in [1.29, 1.82) is 0 Å². The van der Waals surface area contributed by atoms with E-state index in [0.717, 1.165) is 55.2 Å². The summed E-state index contributed by atoms with van der Waals surface area (Å²) in [7, 11) is 0. The van der Waals surface area contributed by atoms with Crippen LogP contribution >= 0.6 is 0 Å². The summed E-state index contributed by atoms with van der Waals surface area (Å²) in [6.45, 7) is 5.96. The van der Waals surface area contributed by atoms with Crippen molar-refractivity contribution in [2.45, 2.75) is 59.3 Å². The number of aromatic nitrogens is 12. The smallest absolute Gasteiger partial charge is 0.258 e. The molecule has 0 unspecified atom stereocenters. The average Bonchev–Trinajstić information content (AvgIpc) is 4.19. The van der Waals surface area contributed by atoms with Crippen molar-refractivity contribution in [3.63, 3.8) is 0 Å². The maximum Gasteiger partial charge on any atom is 0.258 e. The summed E-state index contributed by atoms with van der Waals surface area (Å²) >= 11 is 0. The first-order valence-electron chi connectivity index (χ1n) is 20.4. The Morgan fingerprint density at radius 2 is 0.651 bits per heavy atom. The van der Waals surface area contributed by atoms with Gasteiger partial charge in [-0.15, -0.1) is 0 Å². The minimum atomic E-state index is 0.214. The van der Waals surface area contributed by atoms with E-state index in [-0.39, 0.29) is 17.7 Å². The minimum absolute atomic E-state index is 0.214. The van der Waals surface area contributed by atoms with Gasteiger partial charge in [-0.2, -0.15) is 29.9 Å². The second-order valence-corrected chi connectivity index (χ2v) is 14.7. The number of hydrogen-bond donors (Lipinski definition) is 0. The van der Waals surface area contributed by atoms with Gasteiger partial charge in [-0.1, -0.05) is 112 Å².